The van der Waals surface area contributed by atoms with E-state index in [-0.39, 0.29) is 127 Å². The first-order valence-electron chi connectivity index (χ1n) is 42.9. The Morgan fingerprint density at radius 1 is 0.473 bits per heavy atom. The molecular weight excluding hydrogens is 1720 g/mol. The van der Waals surface area contributed by atoms with Gasteiger partial charge in [-0.05, 0) is 122 Å². The molecule has 6 aliphatic heterocycles. The molecule has 8 amide bonds. The van der Waals surface area contributed by atoms with Gasteiger partial charge in [-0.2, -0.15) is 47.4 Å². The van der Waals surface area contributed by atoms with Gasteiger partial charge in [0.15, 0.2) is 0 Å². The molecule has 0 bridgehead atoms. The number of amides is 8. The van der Waals surface area contributed by atoms with E-state index in [1.807, 2.05) is 94.7 Å². The highest BCUT2D eigenvalue weighted by atomic mass is 19.4. The van der Waals surface area contributed by atoms with Gasteiger partial charge in [-0.15, -0.1) is 0 Å². The van der Waals surface area contributed by atoms with Gasteiger partial charge in [0.2, 0.25) is 47.3 Å². The summed E-state index contributed by atoms with van der Waals surface area (Å²) in [6.07, 6.45) is -2.98. The van der Waals surface area contributed by atoms with Crippen LogP contribution in [0.1, 0.15) is 132 Å². The first-order chi connectivity index (χ1) is 62.3. The van der Waals surface area contributed by atoms with Crippen molar-refractivity contribution in [2.75, 3.05) is 130 Å². The van der Waals surface area contributed by atoms with E-state index in [9.17, 15) is 73.5 Å². The Morgan fingerprint density at radius 3 is 1.22 bits per heavy atom. The number of hydrogen-bond acceptors (Lipinski definition) is 22. The molecule has 32 nitrogen and oxygen atoms in total. The minimum atomic E-state index is -5.08. The molecule has 8 atom stereocenters. The number of nitrogens with zero attached hydrogens (tertiary/aromatic N) is 12. The highest BCUT2D eigenvalue weighted by Crippen LogP contribution is 2.35. The maximum atomic E-state index is 13.5. The maximum Gasteiger partial charge on any atom is 0.490 e. The Labute approximate surface area is 756 Å². The van der Waals surface area contributed by atoms with Crippen LogP contribution in [-0.2, 0) is 59.1 Å². The van der Waals surface area contributed by atoms with Crippen LogP contribution in [0.5, 0.6) is 5.75 Å². The number of anilines is 1. The van der Waals surface area contributed by atoms with Gasteiger partial charge >= 0.3 is 24.3 Å². The molecule has 6 saturated heterocycles. The molecule has 0 aromatic heterocycles. The molecule has 0 spiro atoms. The standard InChI is InChI=1S/C27H31F2N5O2.C21H29N5O3.C20H28N4O2.C19H26N4O3.2C2HF3O2/c28-22-7-3-20(4-8-22)27(21-5-9-23(29)10-6-21)33-16-14-32(15-17-33)25(35)11-12-31-19-26(36)34-13-1-2-24(34)18-30;1-29-19-7-3-2-6-18(19)24-11-13-25(14-12-24)20(27)8-9-23-16-21(28)26-10-4-5-17(26)15-22;1-20(2,3)18(14-8-5-4-6-9-14)23-17(25)12-16(22)19(26)24-11-7-10-15(24)13-21;1-26-13-15(10-14-6-3-2-4-7-14)22-18(24)11-17(21)19(25)23-9-5-8-16(23)12-20;2*3-2(4,5)1(6)7/h3-10,24,27,31H,1-2,11-17,19H2;2-3,6-7,17,23H,4-5,8-14,16H2,1H3;4-6,8-9,15-16,18H,7,10-12,22H2,1-3H3,(H,23,25);2-4,6-7,15-17H,5,8-11,13,21H2,1H3,(H,22,24);2*(H,6,7)/t24-;17-;15-,16?,18?;15?,16-,17?;;/m0000../s1. The lowest BCUT2D eigenvalue weighted by Crippen LogP contribution is -2.50. The number of hydrogen-bond donors (Lipinski definition) is 8. The van der Waals surface area contributed by atoms with Crippen molar-refractivity contribution in [3.63, 3.8) is 0 Å². The molecule has 11 rings (SSSR count). The first kappa shape index (κ1) is 107. The van der Waals surface area contributed by atoms with Gasteiger partial charge in [-0.1, -0.05) is 118 Å². The van der Waals surface area contributed by atoms with Crippen LogP contribution in [-0.4, -0.2) is 284 Å². The molecule has 0 aliphatic carbocycles. The third-order valence-corrected chi connectivity index (χ3v) is 22.2. The number of piperazine rings is 2. The number of carboxylic acids is 2. The summed E-state index contributed by atoms with van der Waals surface area (Å²) in [4.78, 5) is 132. The zero-order valence-corrected chi connectivity index (χ0v) is 73.9. The Balaban J connectivity index is 0.000000258. The molecule has 6 fully saturated rings. The minimum Gasteiger partial charge on any atom is -0.495 e. The number of carbonyl (C=O) groups excluding carboxylic acids is 8. The van der Waals surface area contributed by atoms with Crippen LogP contribution in [0, 0.1) is 62.4 Å². The van der Waals surface area contributed by atoms with Crippen molar-refractivity contribution in [2.24, 2.45) is 16.9 Å². The second kappa shape index (κ2) is 53.6. The molecular formula is C91H116F8N18O14. The third kappa shape index (κ3) is 35.1. The lowest BCUT2D eigenvalue weighted by molar-refractivity contribution is -0.193. The first-order valence-corrected chi connectivity index (χ1v) is 42.9. The van der Waals surface area contributed by atoms with E-state index in [0.29, 0.717) is 111 Å². The normalized spacial score (nSPS) is 18.1. The number of carboxylic acid groups (broad SMARTS) is 2. The fraction of sp³-hybridized carbons (Fsp3) is 0.516. The predicted molar refractivity (Wildman–Crippen MR) is 464 cm³/mol. The molecule has 6 heterocycles. The molecule has 5 aromatic carbocycles. The van der Waals surface area contributed by atoms with Crippen molar-refractivity contribution < 1.29 is 103 Å². The molecule has 5 aromatic rings. The number of rotatable bonds is 28. The summed E-state index contributed by atoms with van der Waals surface area (Å²) in [7, 11) is 3.25. The van der Waals surface area contributed by atoms with Gasteiger partial charge in [0, 0.05) is 112 Å². The average molecular weight is 1840 g/mol. The van der Waals surface area contributed by atoms with Gasteiger partial charge in [0.25, 0.3) is 0 Å². The third-order valence-electron chi connectivity index (χ3n) is 22.2. The number of aliphatic carboxylic acids is 2. The van der Waals surface area contributed by atoms with Gasteiger partial charge in [-0.3, -0.25) is 43.3 Å². The van der Waals surface area contributed by atoms with Crippen molar-refractivity contribution in [3.8, 4) is 30.0 Å². The van der Waals surface area contributed by atoms with Crippen molar-refractivity contribution in [2.45, 2.75) is 171 Å². The number of alkyl halides is 6. The van der Waals surface area contributed by atoms with Crippen LogP contribution < -0.4 is 42.4 Å². The summed E-state index contributed by atoms with van der Waals surface area (Å²) < 4.78 is 101. The number of nitrogens with two attached hydrogens (primary N) is 2. The number of nitriles is 4. The Kier molecular flexibility index (Phi) is 43.9. The Bertz CT molecular complexity index is 4620. The summed E-state index contributed by atoms with van der Waals surface area (Å²) in [6, 6.07) is 44.8. The molecule has 4 unspecified atom stereocenters. The summed E-state index contributed by atoms with van der Waals surface area (Å²) in [5.41, 5.74) is 16.7. The Hall–Kier alpha value is -12.4. The molecule has 0 saturated carbocycles. The largest absolute Gasteiger partial charge is 0.495 e. The summed E-state index contributed by atoms with van der Waals surface area (Å²) in [5, 5.41) is 62.7. The molecule has 710 valence electrons. The van der Waals surface area contributed by atoms with Gasteiger partial charge in [0.1, 0.15) is 41.6 Å². The number of ether oxygens (including phenoxy) is 2. The monoisotopic (exact) mass is 1840 g/mol. The number of methoxy groups -OCH3 is 2. The SMILES string of the molecule is CC(C)(C)C(NC(=O)CC(N)C(=O)N1CCC[C@H]1C#N)c1ccccc1.COCC(Cc1ccccc1)NC(=O)CC(N)C(=O)N1CCC[C@H]1C#N.COc1ccccc1N1CCN(C(=O)CCNCC(=O)N2CCC[C@H]2C#N)CC1.N#C[C@@H]1CCCN1C(=O)CNCCC(=O)N1CCN(C(c2ccc(F)cc2)c2ccc(F)cc2)CC1.O=C(O)C(F)(F)F.O=C(O)C(F)(F)F. The number of likely N-dealkylation sites (tertiary alicyclic amines) is 4. The molecule has 0 radical (unpaired) electrons. The van der Waals surface area contributed by atoms with Crippen LogP contribution >= 0.6 is 0 Å². The van der Waals surface area contributed by atoms with Crippen LogP contribution in [0.25, 0.3) is 0 Å². The number of carbonyl (C=O) groups is 10. The van der Waals surface area contributed by atoms with Crippen molar-refractivity contribution in [3.05, 3.63) is 167 Å². The number of nitrogens with one attached hydrogen (secondary N) is 4. The number of para-hydroxylation sites is 2. The predicted octanol–water partition coefficient (Wildman–Crippen LogP) is 7.51. The summed E-state index contributed by atoms with van der Waals surface area (Å²) in [5.74, 6) is -6.56. The lowest BCUT2D eigenvalue weighted by atomic mass is 9.82. The fourth-order valence-corrected chi connectivity index (χ4v) is 15.5. The zero-order valence-electron chi connectivity index (χ0n) is 73.9. The van der Waals surface area contributed by atoms with Crippen LogP contribution in [0.15, 0.2) is 133 Å². The molecule has 40 heteroatoms. The van der Waals surface area contributed by atoms with E-state index in [1.165, 1.54) is 34.1 Å². The quantitative estimate of drug-likeness (QED) is 0.0177. The van der Waals surface area contributed by atoms with Gasteiger partial charge in [0.05, 0.1) is 99.8 Å². The summed E-state index contributed by atoms with van der Waals surface area (Å²) in [6.45, 7) is 15.2. The van der Waals surface area contributed by atoms with Crippen molar-refractivity contribution >= 4 is 64.9 Å². The smallest absolute Gasteiger partial charge is 0.490 e. The second-order valence-electron chi connectivity index (χ2n) is 32.6. The van der Waals surface area contributed by atoms with E-state index in [0.717, 1.165) is 85.3 Å². The molecule has 6 aliphatic rings. The van der Waals surface area contributed by atoms with E-state index in [4.69, 9.17) is 61.8 Å². The van der Waals surface area contributed by atoms with Crippen molar-refractivity contribution in [1.82, 2.24) is 55.6 Å². The second-order valence-corrected chi connectivity index (χ2v) is 32.6. The highest BCUT2D eigenvalue weighted by Gasteiger charge is 2.41. The van der Waals surface area contributed by atoms with E-state index in [2.05, 4.69) is 76.1 Å². The maximum absolute atomic E-state index is 13.5. The van der Waals surface area contributed by atoms with Gasteiger partial charge < -0.3 is 86.7 Å². The van der Waals surface area contributed by atoms with Crippen LogP contribution in [0.3, 0.4) is 0 Å². The van der Waals surface area contributed by atoms with E-state index in [1.54, 1.807) is 48.3 Å². The average Bonchev–Trinajstić information content (AvgIpc) is 1.36. The number of halogens is 8. The minimum absolute atomic E-state index is 0.0192. The molecule has 10 N–H and O–H groups in total. The molecule has 131 heavy (non-hydrogen) atoms. The van der Waals surface area contributed by atoms with Crippen molar-refractivity contribution in [1.29, 1.82) is 21.0 Å². The van der Waals surface area contributed by atoms with E-state index >= 15 is 0 Å². The van der Waals surface area contributed by atoms with Crippen LogP contribution in [0.2, 0.25) is 0 Å². The van der Waals surface area contributed by atoms with Crippen LogP contribution in [0.4, 0.5) is 40.8 Å². The fourth-order valence-electron chi connectivity index (χ4n) is 15.5. The van der Waals surface area contributed by atoms with E-state index < -0.39 is 48.5 Å². The Morgan fingerprint density at radius 2 is 0.840 bits per heavy atom. The highest BCUT2D eigenvalue weighted by molar-refractivity contribution is 5.90. The topological polar surface area (TPSA) is 451 Å². The zero-order chi connectivity index (χ0) is 96.5. The van der Waals surface area contributed by atoms with Gasteiger partial charge in [-0.25, -0.2) is 18.4 Å². The summed E-state index contributed by atoms with van der Waals surface area (Å²) >= 11 is 0. The number of benzene rings is 5. The lowest BCUT2D eigenvalue weighted by Gasteiger charge is -2.40.